The molecule has 0 aliphatic carbocycles. The number of amides is 3. The summed E-state index contributed by atoms with van der Waals surface area (Å²) in [5.74, 6) is 0.860. The molecule has 8 heteroatoms. The Balaban J connectivity index is 1.51. The van der Waals surface area contributed by atoms with Gasteiger partial charge in [-0.2, -0.15) is 0 Å². The molecule has 8 nitrogen and oxygen atoms in total. The lowest BCUT2D eigenvalue weighted by molar-refractivity contribution is -0.116. The molecule has 0 atom stereocenters. The number of nitrogens with one attached hydrogen (secondary N) is 2. The van der Waals surface area contributed by atoms with Crippen molar-refractivity contribution in [3.63, 3.8) is 0 Å². The first-order valence-corrected chi connectivity index (χ1v) is 13.5. The first-order valence-electron chi connectivity index (χ1n) is 13.5. The second-order valence-corrected chi connectivity index (χ2v) is 10.7. The Morgan fingerprint density at radius 1 is 0.950 bits per heavy atom. The van der Waals surface area contributed by atoms with Crippen molar-refractivity contribution in [3.05, 3.63) is 84.6 Å². The Morgan fingerprint density at radius 2 is 1.65 bits per heavy atom. The number of rotatable bonds is 10. The Labute approximate surface area is 235 Å². The molecule has 40 heavy (non-hydrogen) atoms. The van der Waals surface area contributed by atoms with E-state index in [4.69, 9.17) is 9.72 Å². The number of pyridine rings is 2. The fourth-order valence-electron chi connectivity index (χ4n) is 4.29. The van der Waals surface area contributed by atoms with Crippen LogP contribution in [0.5, 0.6) is 0 Å². The molecular formula is C32H37N5O3. The maximum atomic E-state index is 12.7. The highest BCUT2D eigenvalue weighted by atomic mass is 16.5. The minimum Gasteiger partial charge on any atom is -0.377 e. The fraction of sp³-hybridized carbons (Fsp3) is 0.312. The quantitative estimate of drug-likeness (QED) is 0.222. The third-order valence-corrected chi connectivity index (χ3v) is 6.18. The largest absolute Gasteiger partial charge is 0.377 e. The highest BCUT2D eigenvalue weighted by Crippen LogP contribution is 2.31. The first-order chi connectivity index (χ1) is 19.2. The first kappa shape index (κ1) is 28.7. The molecule has 208 valence electrons. The van der Waals surface area contributed by atoms with Gasteiger partial charge in [0.2, 0.25) is 5.91 Å². The molecule has 2 heterocycles. The van der Waals surface area contributed by atoms with Crippen LogP contribution in [0, 0.1) is 0 Å². The molecule has 0 bridgehead atoms. The van der Waals surface area contributed by atoms with Crippen LogP contribution >= 0.6 is 0 Å². The average molecular weight is 540 g/mol. The molecule has 2 aromatic carbocycles. The molecular weight excluding hydrogens is 502 g/mol. The molecule has 0 radical (unpaired) electrons. The number of unbranched alkanes of at least 4 members (excludes halogenated alkanes) is 1. The van der Waals surface area contributed by atoms with Gasteiger partial charge in [-0.15, -0.1) is 0 Å². The Kier molecular flexibility index (Phi) is 9.45. The van der Waals surface area contributed by atoms with Gasteiger partial charge in [0, 0.05) is 48.8 Å². The third kappa shape index (κ3) is 8.10. The monoisotopic (exact) mass is 539 g/mol. The summed E-state index contributed by atoms with van der Waals surface area (Å²) >= 11 is 0. The van der Waals surface area contributed by atoms with Gasteiger partial charge >= 0.3 is 6.03 Å². The Bertz CT molecular complexity index is 1440. The fourth-order valence-corrected chi connectivity index (χ4v) is 4.29. The smallest absolute Gasteiger partial charge is 0.320 e. The van der Waals surface area contributed by atoms with Gasteiger partial charge in [-0.05, 0) is 50.8 Å². The maximum absolute atomic E-state index is 12.7. The van der Waals surface area contributed by atoms with Crippen molar-refractivity contribution >= 4 is 34.5 Å². The van der Waals surface area contributed by atoms with Gasteiger partial charge in [-0.3, -0.25) is 15.0 Å². The molecule has 0 aliphatic heterocycles. The summed E-state index contributed by atoms with van der Waals surface area (Å²) in [7, 11) is 0. The normalized spacial score (nSPS) is 11.3. The maximum Gasteiger partial charge on any atom is 0.320 e. The summed E-state index contributed by atoms with van der Waals surface area (Å²) in [6, 6.07) is 23.2. The molecule has 0 saturated heterocycles. The zero-order valence-corrected chi connectivity index (χ0v) is 23.6. The molecule has 0 aliphatic rings. The number of hydrogen-bond acceptors (Lipinski definition) is 5. The average Bonchev–Trinajstić information content (AvgIpc) is 2.92. The summed E-state index contributed by atoms with van der Waals surface area (Å²) in [5.41, 5.74) is 3.08. The van der Waals surface area contributed by atoms with Crippen LogP contribution in [-0.2, 0) is 16.1 Å². The van der Waals surface area contributed by atoms with Crippen LogP contribution in [0.3, 0.4) is 0 Å². The minimum atomic E-state index is -0.403. The molecule has 4 rings (SSSR count). The van der Waals surface area contributed by atoms with Crippen LogP contribution in [0.1, 0.15) is 46.1 Å². The minimum absolute atomic E-state index is 0.0964. The third-order valence-electron chi connectivity index (χ3n) is 6.18. The number of urea groups is 1. The number of ether oxygens (including phenoxy) is 1. The predicted octanol–water partition coefficient (Wildman–Crippen LogP) is 6.57. The molecule has 0 saturated carbocycles. The van der Waals surface area contributed by atoms with E-state index in [1.165, 1.54) is 6.92 Å². The molecule has 0 fully saturated rings. The van der Waals surface area contributed by atoms with Crippen molar-refractivity contribution in [2.75, 3.05) is 23.4 Å². The van der Waals surface area contributed by atoms with Crippen molar-refractivity contribution in [3.8, 4) is 11.1 Å². The van der Waals surface area contributed by atoms with E-state index in [0.717, 1.165) is 34.9 Å². The summed E-state index contributed by atoms with van der Waals surface area (Å²) in [6.07, 6.45) is 3.32. The van der Waals surface area contributed by atoms with Gasteiger partial charge in [0.1, 0.15) is 11.6 Å². The van der Waals surface area contributed by atoms with Crippen LogP contribution in [0.2, 0.25) is 0 Å². The lowest BCUT2D eigenvalue weighted by Gasteiger charge is -2.22. The predicted molar refractivity (Wildman–Crippen MR) is 160 cm³/mol. The van der Waals surface area contributed by atoms with Gasteiger partial charge in [-0.25, -0.2) is 14.8 Å². The van der Waals surface area contributed by atoms with Crippen LogP contribution in [0.4, 0.5) is 16.4 Å². The van der Waals surface area contributed by atoms with Crippen LogP contribution < -0.4 is 15.5 Å². The summed E-state index contributed by atoms with van der Waals surface area (Å²) in [4.78, 5) is 36.3. The molecule has 2 N–H and O–H groups in total. The molecule has 0 unspecified atom stereocenters. The molecule has 4 aromatic rings. The number of anilines is 2. The number of carbonyl (C=O) groups is 2. The van der Waals surface area contributed by atoms with Crippen LogP contribution in [-0.4, -0.2) is 40.6 Å². The van der Waals surface area contributed by atoms with Crippen molar-refractivity contribution < 1.29 is 14.3 Å². The second kappa shape index (κ2) is 13.2. The molecule has 2 aromatic heterocycles. The van der Waals surface area contributed by atoms with E-state index in [9.17, 15) is 9.59 Å². The number of nitrogens with zero attached hydrogens (tertiary/aromatic N) is 3. The van der Waals surface area contributed by atoms with Gasteiger partial charge in [0.25, 0.3) is 0 Å². The zero-order valence-electron chi connectivity index (χ0n) is 23.6. The number of benzene rings is 2. The summed E-state index contributed by atoms with van der Waals surface area (Å²) in [5, 5.41) is 6.65. The Morgan fingerprint density at radius 3 is 2.33 bits per heavy atom. The topological polar surface area (TPSA) is 96.5 Å². The van der Waals surface area contributed by atoms with Gasteiger partial charge in [0.15, 0.2) is 0 Å². The van der Waals surface area contributed by atoms with E-state index >= 15 is 0 Å². The number of aromatic nitrogens is 2. The number of hydrogen-bond donors (Lipinski definition) is 2. The summed E-state index contributed by atoms with van der Waals surface area (Å²) in [6.45, 7) is 9.00. The van der Waals surface area contributed by atoms with E-state index < -0.39 is 5.54 Å². The Hall–Kier alpha value is -4.30. The number of fused-ring (bicyclic) bond motifs is 1. The van der Waals surface area contributed by atoms with E-state index in [-0.39, 0.29) is 11.9 Å². The summed E-state index contributed by atoms with van der Waals surface area (Å²) < 4.78 is 5.78. The highest BCUT2D eigenvalue weighted by molar-refractivity contribution is 5.98. The highest BCUT2D eigenvalue weighted by Gasteiger charge is 2.18. The lowest BCUT2D eigenvalue weighted by Crippen LogP contribution is -2.43. The van der Waals surface area contributed by atoms with Crippen molar-refractivity contribution in [2.24, 2.45) is 0 Å². The van der Waals surface area contributed by atoms with Gasteiger partial charge in [-0.1, -0.05) is 60.7 Å². The van der Waals surface area contributed by atoms with Crippen molar-refractivity contribution in [1.29, 1.82) is 0 Å². The van der Waals surface area contributed by atoms with Gasteiger partial charge in [0.05, 0.1) is 12.1 Å². The van der Waals surface area contributed by atoms with Crippen LogP contribution in [0.15, 0.2) is 79.0 Å². The van der Waals surface area contributed by atoms with E-state index in [1.54, 1.807) is 17.2 Å². The lowest BCUT2D eigenvalue weighted by atomic mass is 10.0. The SMILES string of the molecule is CC(=O)N(CCCCOCc1ccccc1)c1cc2nc(NC(=O)NC(C)(C)C)c(-c3ccccc3)cc2cn1. The van der Waals surface area contributed by atoms with Crippen molar-refractivity contribution in [2.45, 2.75) is 52.7 Å². The van der Waals surface area contributed by atoms with E-state index in [1.807, 2.05) is 87.5 Å². The molecule has 3 amide bonds. The van der Waals surface area contributed by atoms with Crippen LogP contribution in [0.25, 0.3) is 22.0 Å². The van der Waals surface area contributed by atoms with Gasteiger partial charge < -0.3 is 10.1 Å². The zero-order chi connectivity index (χ0) is 28.5. The second-order valence-electron chi connectivity index (χ2n) is 10.7. The standard InChI is InChI=1S/C32H37N5O3/c1-23(38)37(17-11-12-18-40-22-24-13-7-5-8-14-24)29-20-28-26(21-33-29)19-27(25-15-9-6-10-16-25)30(34-28)35-31(39)36-32(2,3)4/h5-10,13-16,19-21H,11-12,17-18,22H2,1-4H3,(H2,34,35,36,39). The van der Waals surface area contributed by atoms with E-state index in [0.29, 0.717) is 36.9 Å². The molecule has 0 spiro atoms. The van der Waals surface area contributed by atoms with Crippen molar-refractivity contribution in [1.82, 2.24) is 15.3 Å². The van der Waals surface area contributed by atoms with E-state index in [2.05, 4.69) is 15.6 Å². The number of carbonyl (C=O) groups excluding carboxylic acids is 2.